The fourth-order valence-corrected chi connectivity index (χ4v) is 2.92. The Morgan fingerprint density at radius 2 is 1.19 bits per heavy atom. The molecule has 11 nitrogen and oxygen atoms in total. The zero-order chi connectivity index (χ0) is 32.4. The maximum absolute atomic E-state index is 12.7. The van der Waals surface area contributed by atoms with Gasteiger partial charge in [0.05, 0.1) is 5.41 Å². The molecule has 0 fully saturated rings. The molecule has 0 amide bonds. The van der Waals surface area contributed by atoms with Crippen LogP contribution in [-0.4, -0.2) is 54.7 Å². The van der Waals surface area contributed by atoms with Gasteiger partial charge in [-0.1, -0.05) is 40.7 Å². The summed E-state index contributed by atoms with van der Waals surface area (Å²) in [6, 6.07) is 3.30. The van der Waals surface area contributed by atoms with Crippen molar-refractivity contribution >= 4 is 24.2 Å². The van der Waals surface area contributed by atoms with Crippen molar-refractivity contribution in [2.45, 2.75) is 119 Å². The maximum atomic E-state index is 12.7. The van der Waals surface area contributed by atoms with Crippen LogP contribution in [-0.2, 0) is 35.0 Å². The van der Waals surface area contributed by atoms with Crippen LogP contribution in [0.1, 0.15) is 88.1 Å². The number of carbonyl (C=O) groups is 4. The summed E-state index contributed by atoms with van der Waals surface area (Å²) in [7, 11) is 0. The predicted octanol–water partition coefficient (Wildman–Crippen LogP) is 5.98. The topological polar surface area (TPSA) is 150 Å². The summed E-state index contributed by atoms with van der Waals surface area (Å²) >= 11 is 0. The Labute approximate surface area is 249 Å². The van der Waals surface area contributed by atoms with Crippen molar-refractivity contribution in [2.24, 2.45) is 23.0 Å². The largest absolute Gasteiger partial charge is 0.514 e. The van der Waals surface area contributed by atoms with Gasteiger partial charge < -0.3 is 34.2 Å². The van der Waals surface area contributed by atoms with E-state index in [9.17, 15) is 19.2 Å². The molecule has 0 aliphatic heterocycles. The lowest BCUT2D eigenvalue weighted by atomic mass is 9.90. The van der Waals surface area contributed by atoms with Crippen molar-refractivity contribution in [2.75, 3.05) is 0 Å². The van der Waals surface area contributed by atoms with Gasteiger partial charge in [0, 0.05) is 0 Å². The zero-order valence-corrected chi connectivity index (χ0v) is 26.8. The first-order chi connectivity index (χ1) is 19.4. The molecular weight excluding hydrogens is 546 g/mol. The van der Waals surface area contributed by atoms with E-state index in [0.717, 1.165) is 0 Å². The van der Waals surface area contributed by atoms with Crippen LogP contribution < -0.4 is 15.2 Å². The number of rotatable bonds is 14. The van der Waals surface area contributed by atoms with E-state index in [-0.39, 0.29) is 35.7 Å². The van der Waals surface area contributed by atoms with E-state index in [1.165, 1.54) is 12.1 Å². The van der Waals surface area contributed by atoms with E-state index >= 15 is 0 Å². The summed E-state index contributed by atoms with van der Waals surface area (Å²) in [4.78, 5) is 49.9. The van der Waals surface area contributed by atoms with E-state index in [1.807, 2.05) is 34.6 Å². The van der Waals surface area contributed by atoms with Gasteiger partial charge in [0.1, 0.15) is 30.5 Å². The van der Waals surface area contributed by atoms with Gasteiger partial charge in [-0.3, -0.25) is 9.59 Å². The molecule has 0 radical (unpaired) electrons. The molecule has 0 heterocycles. The molecule has 1 rings (SSSR count). The van der Waals surface area contributed by atoms with Crippen LogP contribution in [0.15, 0.2) is 18.2 Å². The molecule has 2 N–H and O–H groups in total. The van der Waals surface area contributed by atoms with Crippen LogP contribution in [0.25, 0.3) is 0 Å². The molecule has 238 valence electrons. The van der Waals surface area contributed by atoms with Crippen LogP contribution in [0, 0.1) is 17.3 Å². The number of hydrogen-bond acceptors (Lipinski definition) is 11. The summed E-state index contributed by atoms with van der Waals surface area (Å²) in [5.74, 6) is -1.18. The fourth-order valence-electron chi connectivity index (χ4n) is 2.92. The van der Waals surface area contributed by atoms with Crippen LogP contribution >= 0.6 is 0 Å². The normalized spacial score (nSPS) is 15.2. The van der Waals surface area contributed by atoms with Crippen molar-refractivity contribution in [3.8, 4) is 11.5 Å². The van der Waals surface area contributed by atoms with E-state index in [2.05, 4.69) is 0 Å². The minimum Gasteiger partial charge on any atom is -0.458 e. The van der Waals surface area contributed by atoms with Gasteiger partial charge >= 0.3 is 24.2 Å². The van der Waals surface area contributed by atoms with Crippen LogP contribution in [0.2, 0.25) is 0 Å². The van der Waals surface area contributed by atoms with Crippen molar-refractivity contribution in [1.82, 2.24) is 0 Å². The van der Waals surface area contributed by atoms with Gasteiger partial charge in [0.15, 0.2) is 11.5 Å². The molecule has 11 heteroatoms. The highest BCUT2D eigenvalue weighted by Gasteiger charge is 2.31. The molecule has 0 saturated carbocycles. The SMILES string of the molecule is CCC(C)(C)C(=O)OC(C)C(C)OC(=O)[C@@H](N)Cc1ccc(OC(=O)O[C@@H](C)C(C)C)c(OC(=O)OC(C)C(C)C)c1. The summed E-state index contributed by atoms with van der Waals surface area (Å²) in [5, 5.41) is 0. The lowest BCUT2D eigenvalue weighted by molar-refractivity contribution is -0.172. The predicted molar refractivity (Wildman–Crippen MR) is 156 cm³/mol. The second-order valence-corrected chi connectivity index (χ2v) is 11.9. The van der Waals surface area contributed by atoms with Crippen LogP contribution in [0.4, 0.5) is 9.59 Å². The molecule has 3 unspecified atom stereocenters. The lowest BCUT2D eigenvalue weighted by Crippen LogP contribution is -2.40. The molecule has 42 heavy (non-hydrogen) atoms. The van der Waals surface area contributed by atoms with Gasteiger partial charge in [-0.15, -0.1) is 0 Å². The summed E-state index contributed by atoms with van der Waals surface area (Å²) in [6.45, 7) is 19.7. The van der Waals surface area contributed by atoms with E-state index in [1.54, 1.807) is 47.6 Å². The third-order valence-electron chi connectivity index (χ3n) is 7.29. The zero-order valence-electron chi connectivity index (χ0n) is 26.8. The Balaban J connectivity index is 3.03. The second kappa shape index (κ2) is 16.3. The Kier molecular flexibility index (Phi) is 14.3. The van der Waals surface area contributed by atoms with Gasteiger partial charge in [-0.2, -0.15) is 0 Å². The van der Waals surface area contributed by atoms with Crippen molar-refractivity contribution in [3.63, 3.8) is 0 Å². The first-order valence-corrected chi connectivity index (χ1v) is 14.4. The molecule has 0 spiro atoms. The monoisotopic (exact) mass is 595 g/mol. The van der Waals surface area contributed by atoms with E-state index < -0.39 is 54.2 Å². The number of benzene rings is 1. The Bertz CT molecular complexity index is 1070. The van der Waals surface area contributed by atoms with Crippen LogP contribution in [0.5, 0.6) is 11.5 Å². The molecular formula is C31H49NO10. The number of hydrogen-bond donors (Lipinski definition) is 1. The highest BCUT2D eigenvalue weighted by molar-refractivity contribution is 5.77. The minimum absolute atomic E-state index is 0.00546. The highest BCUT2D eigenvalue weighted by Crippen LogP contribution is 2.30. The molecule has 1 aromatic rings. The smallest absolute Gasteiger partial charge is 0.458 e. The first-order valence-electron chi connectivity index (χ1n) is 14.4. The fraction of sp³-hybridized carbons (Fsp3) is 0.677. The molecule has 0 aliphatic carbocycles. The van der Waals surface area contributed by atoms with Crippen molar-refractivity contribution in [1.29, 1.82) is 0 Å². The third-order valence-corrected chi connectivity index (χ3v) is 7.29. The quantitative estimate of drug-likeness (QED) is 0.154. The Morgan fingerprint density at radius 3 is 1.67 bits per heavy atom. The second-order valence-electron chi connectivity index (χ2n) is 11.9. The summed E-state index contributed by atoms with van der Waals surface area (Å²) in [6.07, 6.45) is -3.63. The highest BCUT2D eigenvalue weighted by atomic mass is 16.8. The molecule has 5 atom stereocenters. The maximum Gasteiger partial charge on any atom is 0.514 e. The number of nitrogens with two attached hydrogens (primary N) is 1. The molecule has 0 aliphatic rings. The van der Waals surface area contributed by atoms with Crippen molar-refractivity contribution in [3.05, 3.63) is 23.8 Å². The van der Waals surface area contributed by atoms with Gasteiger partial charge in [0.2, 0.25) is 0 Å². The van der Waals surface area contributed by atoms with Gasteiger partial charge in [0.25, 0.3) is 0 Å². The average molecular weight is 596 g/mol. The Morgan fingerprint density at radius 1 is 0.714 bits per heavy atom. The van der Waals surface area contributed by atoms with Crippen molar-refractivity contribution < 1.29 is 47.6 Å². The van der Waals surface area contributed by atoms with E-state index in [0.29, 0.717) is 12.0 Å². The standard InChI is InChI=1S/C31H49NO10/c1-12-31(10,11)28(34)38-22(9)21(8)37-27(33)24(32)15-23-13-14-25(41-29(35)39-19(6)17(2)3)26(16-23)42-30(36)40-20(7)18(4)5/h13-14,16-22,24H,12,15,32H2,1-11H3/t19-,20?,21?,22?,24-/m0/s1. The molecule has 0 saturated heterocycles. The average Bonchev–Trinajstić information content (AvgIpc) is 2.89. The van der Waals surface area contributed by atoms with Crippen LogP contribution in [0.3, 0.4) is 0 Å². The molecule has 1 aromatic carbocycles. The Hall–Kier alpha value is -3.34. The van der Waals surface area contributed by atoms with Gasteiger partial charge in [-0.05, 0) is 83.9 Å². The lowest BCUT2D eigenvalue weighted by Gasteiger charge is -2.27. The molecule has 0 bridgehead atoms. The third kappa shape index (κ3) is 11.9. The number of ether oxygens (including phenoxy) is 6. The summed E-state index contributed by atoms with van der Waals surface area (Å²) in [5.41, 5.74) is 5.95. The van der Waals surface area contributed by atoms with E-state index in [4.69, 9.17) is 34.2 Å². The minimum atomic E-state index is -1.09. The van der Waals surface area contributed by atoms with Gasteiger partial charge in [-0.25, -0.2) is 9.59 Å². The number of carbonyl (C=O) groups excluding carboxylic acids is 4. The molecule has 0 aromatic heterocycles. The first kappa shape index (κ1) is 36.7. The number of esters is 2. The summed E-state index contributed by atoms with van der Waals surface area (Å²) < 4.78 is 32.2.